The van der Waals surface area contributed by atoms with E-state index in [2.05, 4.69) is 32.2 Å². The molecule has 1 rings (SSSR count). The van der Waals surface area contributed by atoms with E-state index in [0.29, 0.717) is 0 Å². The zero-order chi connectivity index (χ0) is 7.78. The topological polar surface area (TPSA) is 6.48 Å². The molecule has 0 aromatic carbocycles. The minimum atomic E-state index is -1.83. The Balaban J connectivity index is 2.70. The fraction of sp³-hybridized carbons (Fsp3) is 1.00. The monoisotopic (exact) mass is 250 g/mol. The zero-order valence-corrected chi connectivity index (χ0v) is 10.4. The van der Waals surface area contributed by atoms with Gasteiger partial charge in [-0.2, -0.15) is 0 Å². The molecule has 10 heavy (non-hydrogen) atoms. The second-order valence-corrected chi connectivity index (χ2v) is 16.7. The molecule has 0 bridgehead atoms. The van der Waals surface area contributed by atoms with Gasteiger partial charge in [0.25, 0.3) is 0 Å². The van der Waals surface area contributed by atoms with Gasteiger partial charge in [-0.15, -0.1) is 0 Å². The molecule has 1 fully saturated rings. The number of nitrogens with zero attached hydrogens (tertiary/aromatic N) is 2. The van der Waals surface area contributed by atoms with Gasteiger partial charge in [-0.05, 0) is 0 Å². The molecule has 60 valence electrons. The van der Waals surface area contributed by atoms with E-state index in [0.717, 1.165) is 0 Å². The Morgan fingerprint density at radius 1 is 1.20 bits per heavy atom. The first-order valence-electron chi connectivity index (χ1n) is 4.03. The fourth-order valence-corrected chi connectivity index (χ4v) is 9.68. The first-order valence-corrected chi connectivity index (χ1v) is 11.5. The standard InChI is InChI=1S/C4H10N2.C2H5.CH3.Sn/c1-5-3-4-6-2;1-2;;/h3-4H2,1-2H3;1H2,2H3;1H3;/q-2;;;+2. The van der Waals surface area contributed by atoms with Crippen LogP contribution < -0.4 is 0 Å². The number of likely N-dealkylation sites (N-methyl/N-ethyl adjacent to an activating group) is 2. The van der Waals surface area contributed by atoms with E-state index in [4.69, 9.17) is 0 Å². The van der Waals surface area contributed by atoms with Crippen molar-refractivity contribution in [1.82, 2.24) is 6.24 Å². The van der Waals surface area contributed by atoms with E-state index in [1.165, 1.54) is 17.5 Å². The fourth-order valence-electron chi connectivity index (χ4n) is 1.61. The van der Waals surface area contributed by atoms with E-state index in [1.54, 1.807) is 0 Å². The predicted molar refractivity (Wildman–Crippen MR) is 47.4 cm³/mol. The van der Waals surface area contributed by atoms with Crippen molar-refractivity contribution in [2.45, 2.75) is 16.3 Å². The number of rotatable bonds is 1. The first kappa shape index (κ1) is 8.81. The van der Waals surface area contributed by atoms with E-state index in [-0.39, 0.29) is 0 Å². The molecule has 0 aromatic heterocycles. The summed E-state index contributed by atoms with van der Waals surface area (Å²) in [5.41, 5.74) is 0. The molecule has 1 aliphatic rings. The van der Waals surface area contributed by atoms with E-state index in [1.807, 2.05) is 0 Å². The number of hydrogen-bond donors (Lipinski definition) is 0. The predicted octanol–water partition coefficient (Wildman–Crippen LogP) is 0.955. The molecule has 0 spiro atoms. The molecule has 1 heterocycles. The second-order valence-electron chi connectivity index (χ2n) is 3.41. The summed E-state index contributed by atoms with van der Waals surface area (Å²) in [5, 5.41) is 0. The van der Waals surface area contributed by atoms with Crippen LogP contribution in [0.1, 0.15) is 6.92 Å². The molecule has 2 nitrogen and oxygen atoms in total. The van der Waals surface area contributed by atoms with Gasteiger partial charge in [0, 0.05) is 0 Å². The summed E-state index contributed by atoms with van der Waals surface area (Å²) in [6, 6.07) is 0. The van der Waals surface area contributed by atoms with E-state index >= 15 is 0 Å². The van der Waals surface area contributed by atoms with Crippen molar-refractivity contribution in [2.24, 2.45) is 0 Å². The van der Waals surface area contributed by atoms with Crippen LogP contribution in [0.2, 0.25) is 9.38 Å². The van der Waals surface area contributed by atoms with Crippen LogP contribution in [0.3, 0.4) is 0 Å². The van der Waals surface area contributed by atoms with Gasteiger partial charge in [-0.25, -0.2) is 0 Å². The van der Waals surface area contributed by atoms with Gasteiger partial charge in [-0.3, -0.25) is 0 Å². The molecule has 0 amide bonds. The second kappa shape index (κ2) is 2.99. The summed E-state index contributed by atoms with van der Waals surface area (Å²) >= 11 is -1.83. The molecule has 1 aliphatic heterocycles. The Bertz CT molecular complexity index is 117. The van der Waals surface area contributed by atoms with Crippen LogP contribution in [-0.4, -0.2) is 52.4 Å². The summed E-state index contributed by atoms with van der Waals surface area (Å²) in [6.07, 6.45) is 0. The summed E-state index contributed by atoms with van der Waals surface area (Å²) in [5.74, 6) is 0. The maximum atomic E-state index is 2.63. The van der Waals surface area contributed by atoms with Crippen LogP contribution in [-0.2, 0) is 0 Å². The summed E-state index contributed by atoms with van der Waals surface area (Å²) in [4.78, 5) is 2.52. The van der Waals surface area contributed by atoms with Crippen molar-refractivity contribution in [3.8, 4) is 0 Å². The van der Waals surface area contributed by atoms with Crippen molar-refractivity contribution in [1.29, 1.82) is 0 Å². The average Bonchev–Trinajstić information content (AvgIpc) is 2.18. The average molecular weight is 249 g/mol. The van der Waals surface area contributed by atoms with Crippen LogP contribution in [0, 0.1) is 0 Å². The molecular weight excluding hydrogens is 231 g/mol. The molecule has 0 saturated carbocycles. The van der Waals surface area contributed by atoms with Gasteiger partial charge in [-0.1, -0.05) is 0 Å². The molecule has 0 aliphatic carbocycles. The third kappa shape index (κ3) is 1.21. The van der Waals surface area contributed by atoms with Crippen LogP contribution in [0.5, 0.6) is 0 Å². The van der Waals surface area contributed by atoms with Crippen LogP contribution in [0.15, 0.2) is 0 Å². The van der Waals surface area contributed by atoms with Crippen molar-refractivity contribution >= 4 is 18.9 Å². The van der Waals surface area contributed by atoms with Gasteiger partial charge in [0.15, 0.2) is 0 Å². The van der Waals surface area contributed by atoms with E-state index in [9.17, 15) is 0 Å². The molecule has 0 aromatic rings. The molecule has 0 unspecified atom stereocenters. The Hall–Kier alpha value is 0.719. The summed E-state index contributed by atoms with van der Waals surface area (Å²) in [7, 11) is 4.59. The van der Waals surface area contributed by atoms with Crippen molar-refractivity contribution in [3.05, 3.63) is 0 Å². The third-order valence-electron chi connectivity index (χ3n) is 3.09. The summed E-state index contributed by atoms with van der Waals surface area (Å²) in [6.45, 7) is 4.95. The molecule has 3 heteroatoms. The van der Waals surface area contributed by atoms with Crippen molar-refractivity contribution in [3.63, 3.8) is 0 Å². The molecule has 1 saturated heterocycles. The van der Waals surface area contributed by atoms with E-state index < -0.39 is 18.9 Å². The number of hydrogen-bond acceptors (Lipinski definition) is 2. The van der Waals surface area contributed by atoms with Crippen LogP contribution in [0.4, 0.5) is 0 Å². The Morgan fingerprint density at radius 3 is 1.80 bits per heavy atom. The molecular formula is C7H18N2Sn. The van der Waals surface area contributed by atoms with Gasteiger partial charge in [0.2, 0.25) is 0 Å². The van der Waals surface area contributed by atoms with Gasteiger partial charge >= 0.3 is 68.7 Å². The van der Waals surface area contributed by atoms with Gasteiger partial charge in [0.1, 0.15) is 0 Å². The Morgan fingerprint density at radius 2 is 1.60 bits per heavy atom. The SMILES string of the molecule is C[CH2][Sn]1([CH3])[N](C)CC[N]1C. The molecule has 0 N–H and O–H groups in total. The summed E-state index contributed by atoms with van der Waals surface area (Å²) < 4.78 is 6.69. The molecule has 0 radical (unpaired) electrons. The zero-order valence-electron chi connectivity index (χ0n) is 7.52. The Kier molecular flexibility index (Phi) is 2.63. The van der Waals surface area contributed by atoms with Gasteiger partial charge in [0.05, 0.1) is 0 Å². The molecule has 0 atom stereocenters. The normalized spacial score (nSPS) is 27.6. The van der Waals surface area contributed by atoms with Crippen molar-refractivity contribution in [2.75, 3.05) is 27.2 Å². The van der Waals surface area contributed by atoms with Gasteiger partial charge < -0.3 is 0 Å². The first-order chi connectivity index (χ1) is 4.61. The van der Waals surface area contributed by atoms with Crippen molar-refractivity contribution < 1.29 is 0 Å². The minimum absolute atomic E-state index is 1.30. The van der Waals surface area contributed by atoms with Crippen LogP contribution in [0.25, 0.3) is 0 Å². The quantitative estimate of drug-likeness (QED) is 0.638. The third-order valence-corrected chi connectivity index (χ3v) is 17.6. The Labute approximate surface area is 68.8 Å². The maximum absolute atomic E-state index is 2.63. The van der Waals surface area contributed by atoms with Crippen LogP contribution >= 0.6 is 0 Å².